The van der Waals surface area contributed by atoms with Crippen molar-refractivity contribution in [1.29, 1.82) is 0 Å². The Morgan fingerprint density at radius 3 is 2.61 bits per heavy atom. The highest BCUT2D eigenvalue weighted by atomic mass is 35.5. The van der Waals surface area contributed by atoms with Crippen LogP contribution in [-0.2, 0) is 4.79 Å². The summed E-state index contributed by atoms with van der Waals surface area (Å²) in [7, 11) is 0. The van der Waals surface area contributed by atoms with E-state index in [4.69, 9.17) is 21.1 Å². The Balaban J connectivity index is 2.04. The number of hydrogen-bond acceptors (Lipinski definition) is 4. The summed E-state index contributed by atoms with van der Waals surface area (Å²) in [5.41, 5.74) is -0.0248. The van der Waals surface area contributed by atoms with Crippen LogP contribution < -0.4 is 20.1 Å². The number of amides is 2. The van der Waals surface area contributed by atoms with Crippen LogP contribution in [0.25, 0.3) is 0 Å². The molecule has 1 aliphatic rings. The second-order valence-electron chi connectivity index (χ2n) is 6.32. The molecule has 0 aliphatic carbocycles. The van der Waals surface area contributed by atoms with Crippen LogP contribution in [0.3, 0.4) is 0 Å². The molecule has 0 fully saturated rings. The first-order valence-corrected chi connectivity index (χ1v) is 7.82. The van der Waals surface area contributed by atoms with E-state index >= 15 is 0 Å². The lowest BCUT2D eigenvalue weighted by atomic mass is 10.1. The normalized spacial score (nSPS) is 13.9. The Morgan fingerprint density at radius 2 is 1.91 bits per heavy atom. The first-order chi connectivity index (χ1) is 10.8. The predicted octanol–water partition coefficient (Wildman–Crippen LogP) is 2.15. The second kappa shape index (κ2) is 7.08. The highest BCUT2D eigenvalue weighted by Crippen LogP contribution is 2.37. The topological polar surface area (TPSA) is 76.7 Å². The lowest BCUT2D eigenvalue weighted by Crippen LogP contribution is -2.45. The van der Waals surface area contributed by atoms with E-state index in [-0.39, 0.29) is 18.0 Å². The van der Waals surface area contributed by atoms with E-state index < -0.39 is 5.91 Å². The molecule has 126 valence electrons. The van der Waals surface area contributed by atoms with E-state index in [0.29, 0.717) is 35.3 Å². The van der Waals surface area contributed by atoms with Crippen LogP contribution in [0.4, 0.5) is 0 Å². The number of carbonyl (C=O) groups excluding carboxylic acids is 2. The van der Waals surface area contributed by atoms with Gasteiger partial charge in [0.05, 0.1) is 24.8 Å². The van der Waals surface area contributed by atoms with Crippen LogP contribution in [0.15, 0.2) is 12.1 Å². The van der Waals surface area contributed by atoms with Crippen molar-refractivity contribution in [3.05, 3.63) is 22.7 Å². The molecule has 1 aromatic rings. The number of hydrogen-bond donors (Lipinski definition) is 2. The molecule has 2 amide bonds. The largest absolute Gasteiger partial charge is 0.489 e. The number of halogens is 1. The van der Waals surface area contributed by atoms with Crippen LogP contribution in [0, 0.1) is 0 Å². The van der Waals surface area contributed by atoms with E-state index in [1.807, 2.05) is 20.8 Å². The average molecular weight is 341 g/mol. The number of fused-ring (bicyclic) bond motifs is 1. The minimum atomic E-state index is -0.397. The number of benzene rings is 1. The van der Waals surface area contributed by atoms with Crippen LogP contribution in [0.1, 0.15) is 37.6 Å². The molecular formula is C16H21ClN2O4. The summed E-state index contributed by atoms with van der Waals surface area (Å²) < 4.78 is 11.1. The molecule has 0 spiro atoms. The number of nitrogens with one attached hydrogen (secondary N) is 2. The van der Waals surface area contributed by atoms with Crippen molar-refractivity contribution in [2.45, 2.75) is 32.7 Å². The van der Waals surface area contributed by atoms with Gasteiger partial charge in [-0.15, -0.1) is 0 Å². The summed E-state index contributed by atoms with van der Waals surface area (Å²) >= 11 is 6.15. The van der Waals surface area contributed by atoms with Gasteiger partial charge in [-0.25, -0.2) is 0 Å². The average Bonchev–Trinajstić information content (AvgIpc) is 2.68. The number of carbonyl (C=O) groups is 2. The van der Waals surface area contributed by atoms with E-state index in [1.54, 1.807) is 6.07 Å². The smallest absolute Gasteiger partial charge is 0.251 e. The molecule has 7 heteroatoms. The van der Waals surface area contributed by atoms with Gasteiger partial charge in [-0.1, -0.05) is 11.6 Å². The molecule has 2 N–H and O–H groups in total. The van der Waals surface area contributed by atoms with E-state index in [9.17, 15) is 9.59 Å². The summed E-state index contributed by atoms with van der Waals surface area (Å²) in [5, 5.41) is 5.65. The van der Waals surface area contributed by atoms with Crippen molar-refractivity contribution in [3.63, 3.8) is 0 Å². The zero-order valence-corrected chi connectivity index (χ0v) is 14.3. The fourth-order valence-corrected chi connectivity index (χ4v) is 2.35. The summed E-state index contributed by atoms with van der Waals surface area (Å²) in [6.07, 6.45) is 0.750. The van der Waals surface area contributed by atoms with Crippen molar-refractivity contribution >= 4 is 23.4 Å². The monoisotopic (exact) mass is 340 g/mol. The molecule has 0 saturated heterocycles. The summed E-state index contributed by atoms with van der Waals surface area (Å²) in [6, 6.07) is 3.08. The third-order valence-electron chi connectivity index (χ3n) is 2.99. The lowest BCUT2D eigenvalue weighted by Gasteiger charge is -2.20. The Morgan fingerprint density at radius 1 is 1.22 bits per heavy atom. The van der Waals surface area contributed by atoms with Gasteiger partial charge in [0.25, 0.3) is 5.91 Å². The van der Waals surface area contributed by atoms with E-state index in [0.717, 1.165) is 6.42 Å². The Hall–Kier alpha value is -1.95. The quantitative estimate of drug-likeness (QED) is 0.884. The van der Waals surface area contributed by atoms with Crippen molar-refractivity contribution in [1.82, 2.24) is 10.6 Å². The van der Waals surface area contributed by atoms with Gasteiger partial charge in [-0.3, -0.25) is 9.59 Å². The third-order valence-corrected chi connectivity index (χ3v) is 3.27. The maximum Gasteiger partial charge on any atom is 0.251 e. The van der Waals surface area contributed by atoms with Gasteiger partial charge in [0, 0.05) is 17.5 Å². The molecule has 0 atom stereocenters. The zero-order chi connectivity index (χ0) is 17.0. The molecular weight excluding hydrogens is 320 g/mol. The van der Waals surface area contributed by atoms with Gasteiger partial charge in [0.2, 0.25) is 5.91 Å². The fourth-order valence-electron chi connectivity index (χ4n) is 2.09. The van der Waals surface area contributed by atoms with Gasteiger partial charge in [-0.05, 0) is 32.9 Å². The molecule has 0 unspecified atom stereocenters. The van der Waals surface area contributed by atoms with Crippen molar-refractivity contribution in [2.24, 2.45) is 0 Å². The summed E-state index contributed by atoms with van der Waals surface area (Å²) in [6.45, 7) is 6.53. The zero-order valence-electron chi connectivity index (χ0n) is 13.5. The van der Waals surface area contributed by atoms with Crippen LogP contribution in [0.5, 0.6) is 11.5 Å². The minimum absolute atomic E-state index is 0.109. The number of ether oxygens (including phenoxy) is 2. The minimum Gasteiger partial charge on any atom is -0.489 e. The van der Waals surface area contributed by atoms with Crippen LogP contribution in [-0.4, -0.2) is 37.1 Å². The molecule has 1 aromatic carbocycles. The Labute approximate surface area is 140 Å². The fraction of sp³-hybridized carbons (Fsp3) is 0.500. The van der Waals surface area contributed by atoms with Crippen LogP contribution >= 0.6 is 11.6 Å². The van der Waals surface area contributed by atoms with Crippen molar-refractivity contribution in [3.8, 4) is 11.5 Å². The van der Waals surface area contributed by atoms with Gasteiger partial charge in [-0.2, -0.15) is 0 Å². The van der Waals surface area contributed by atoms with Gasteiger partial charge < -0.3 is 20.1 Å². The van der Waals surface area contributed by atoms with Gasteiger partial charge >= 0.3 is 0 Å². The molecule has 1 heterocycles. The maximum absolute atomic E-state index is 12.2. The SMILES string of the molecule is CC(C)(C)NC(=O)CNC(=O)c1cc(Cl)c2c(c1)OCCCO2. The maximum atomic E-state index is 12.2. The molecule has 0 bridgehead atoms. The second-order valence-corrected chi connectivity index (χ2v) is 6.72. The van der Waals surface area contributed by atoms with Crippen molar-refractivity contribution < 1.29 is 19.1 Å². The molecule has 6 nitrogen and oxygen atoms in total. The molecule has 0 aromatic heterocycles. The highest BCUT2D eigenvalue weighted by molar-refractivity contribution is 6.32. The van der Waals surface area contributed by atoms with E-state index in [2.05, 4.69) is 10.6 Å². The van der Waals surface area contributed by atoms with Crippen LogP contribution in [0.2, 0.25) is 5.02 Å². The molecule has 0 radical (unpaired) electrons. The Kier molecular flexibility index (Phi) is 5.36. The van der Waals surface area contributed by atoms with E-state index in [1.165, 1.54) is 6.07 Å². The first kappa shape index (κ1) is 17.4. The molecule has 2 rings (SSSR count). The molecule has 23 heavy (non-hydrogen) atoms. The first-order valence-electron chi connectivity index (χ1n) is 7.44. The standard InChI is InChI=1S/C16H21ClN2O4/c1-16(2,3)19-13(20)9-18-15(21)10-7-11(17)14-12(8-10)22-5-4-6-23-14/h7-8H,4-6,9H2,1-3H3,(H,18,21)(H,19,20). The molecule has 0 saturated carbocycles. The van der Waals surface area contributed by atoms with Crippen molar-refractivity contribution in [2.75, 3.05) is 19.8 Å². The highest BCUT2D eigenvalue weighted by Gasteiger charge is 2.19. The summed E-state index contributed by atoms with van der Waals surface area (Å²) in [5.74, 6) is 0.239. The predicted molar refractivity (Wildman–Crippen MR) is 87.3 cm³/mol. The van der Waals surface area contributed by atoms with Gasteiger partial charge in [0.1, 0.15) is 0 Å². The molecule has 1 aliphatic heterocycles. The third kappa shape index (κ3) is 5.03. The number of rotatable bonds is 3. The van der Waals surface area contributed by atoms with Gasteiger partial charge in [0.15, 0.2) is 11.5 Å². The summed E-state index contributed by atoms with van der Waals surface area (Å²) in [4.78, 5) is 23.9. The Bertz CT molecular complexity index is 611. The lowest BCUT2D eigenvalue weighted by molar-refractivity contribution is -0.121.